The van der Waals surface area contributed by atoms with E-state index < -0.39 is 33.3 Å². The minimum absolute atomic E-state index is 0.163. The van der Waals surface area contributed by atoms with Gasteiger partial charge in [0.05, 0.1) is 35.8 Å². The van der Waals surface area contributed by atoms with Crippen LogP contribution in [0.5, 0.6) is 0 Å². The van der Waals surface area contributed by atoms with Crippen molar-refractivity contribution in [3.63, 3.8) is 0 Å². The number of nitrogens with zero attached hydrogens (tertiary/aromatic N) is 1. The minimum Gasteiger partial charge on any atom is -0.462 e. The zero-order valence-electron chi connectivity index (χ0n) is 17.4. The first-order chi connectivity index (χ1) is 14.7. The molecule has 11 heteroatoms. The number of nitrogens with one attached hydrogen (secondary N) is 1. The second-order valence-corrected chi connectivity index (χ2v) is 9.98. The highest BCUT2D eigenvalue weighted by Gasteiger charge is 2.29. The molecule has 31 heavy (non-hydrogen) atoms. The number of amides is 1. The van der Waals surface area contributed by atoms with Crippen LogP contribution in [-0.4, -0.2) is 57.5 Å². The lowest BCUT2D eigenvalue weighted by Crippen LogP contribution is -2.40. The van der Waals surface area contributed by atoms with Crippen molar-refractivity contribution < 1.29 is 31.9 Å². The van der Waals surface area contributed by atoms with Crippen LogP contribution in [0.1, 0.15) is 38.1 Å². The Labute approximate surface area is 184 Å². The Balaban J connectivity index is 1.92. The van der Waals surface area contributed by atoms with Crippen molar-refractivity contribution in [1.82, 2.24) is 4.31 Å². The minimum atomic E-state index is -3.90. The highest BCUT2D eigenvalue weighted by Crippen LogP contribution is 2.33. The molecule has 2 aromatic rings. The lowest BCUT2D eigenvalue weighted by atomic mass is 10.1. The number of carbonyl (C=O) groups is 2. The summed E-state index contributed by atoms with van der Waals surface area (Å²) in [7, 11) is -3.90. The van der Waals surface area contributed by atoms with E-state index in [1.807, 2.05) is 0 Å². The summed E-state index contributed by atoms with van der Waals surface area (Å²) in [6, 6.07) is 3.08. The molecule has 8 nitrogen and oxygen atoms in total. The molecule has 0 saturated carbocycles. The number of sulfonamides is 1. The Hall–Kier alpha value is -2.34. The van der Waals surface area contributed by atoms with Crippen LogP contribution in [0.15, 0.2) is 23.1 Å². The summed E-state index contributed by atoms with van der Waals surface area (Å²) in [5, 5.41) is 2.76. The molecular formula is C20H23FN2O6S2. The Kier molecular flexibility index (Phi) is 7.10. The largest absolute Gasteiger partial charge is 0.462 e. The smallest absolute Gasteiger partial charge is 0.341 e. The van der Waals surface area contributed by atoms with Crippen LogP contribution < -0.4 is 5.32 Å². The fraction of sp³-hybridized carbons (Fsp3) is 0.400. The van der Waals surface area contributed by atoms with E-state index in [-0.39, 0.29) is 48.4 Å². The van der Waals surface area contributed by atoms with Gasteiger partial charge >= 0.3 is 5.97 Å². The van der Waals surface area contributed by atoms with Crippen molar-refractivity contribution in [3.8, 4) is 0 Å². The zero-order chi connectivity index (χ0) is 22.8. The van der Waals surface area contributed by atoms with Gasteiger partial charge in [0.25, 0.3) is 5.91 Å². The Bertz CT molecular complexity index is 1110. The van der Waals surface area contributed by atoms with Crippen molar-refractivity contribution in [2.75, 3.05) is 38.2 Å². The fourth-order valence-electron chi connectivity index (χ4n) is 3.11. The van der Waals surface area contributed by atoms with Gasteiger partial charge in [-0.1, -0.05) is 0 Å². The van der Waals surface area contributed by atoms with E-state index in [0.717, 1.165) is 34.4 Å². The van der Waals surface area contributed by atoms with Crippen LogP contribution >= 0.6 is 11.3 Å². The molecule has 1 amide bonds. The summed E-state index contributed by atoms with van der Waals surface area (Å²) >= 11 is 1.16. The standard InChI is InChI=1S/C20H23FN2O6S2/c1-4-29-20(25)17-12(2)13(3)30-19(17)22-18(24)15-11-14(5-6-16(15)21)31(26,27)23-7-9-28-10-8-23/h5-6,11H,4,7-10H2,1-3H3,(H,22,24). The molecule has 1 aliphatic rings. The maximum atomic E-state index is 14.4. The van der Waals surface area contributed by atoms with Gasteiger partial charge in [0.2, 0.25) is 10.0 Å². The second kappa shape index (κ2) is 9.43. The molecule has 0 spiro atoms. The average Bonchev–Trinajstić information content (AvgIpc) is 3.02. The van der Waals surface area contributed by atoms with Gasteiger partial charge < -0.3 is 14.8 Å². The molecule has 0 atom stereocenters. The summed E-state index contributed by atoms with van der Waals surface area (Å²) < 4.78 is 51.6. The average molecular weight is 471 g/mol. The Morgan fingerprint density at radius 2 is 1.94 bits per heavy atom. The number of halogens is 1. The van der Waals surface area contributed by atoms with Gasteiger partial charge in [-0.15, -0.1) is 11.3 Å². The molecule has 1 aliphatic heterocycles. The third kappa shape index (κ3) is 4.79. The topological polar surface area (TPSA) is 102 Å². The van der Waals surface area contributed by atoms with Crippen molar-refractivity contribution >= 4 is 38.2 Å². The molecule has 0 unspecified atom stereocenters. The monoisotopic (exact) mass is 470 g/mol. The zero-order valence-corrected chi connectivity index (χ0v) is 19.0. The molecule has 1 aromatic heterocycles. The first-order valence-corrected chi connectivity index (χ1v) is 11.9. The highest BCUT2D eigenvalue weighted by atomic mass is 32.2. The summed E-state index contributed by atoms with van der Waals surface area (Å²) in [5.41, 5.74) is 0.422. The molecule has 1 N–H and O–H groups in total. The molecule has 0 bridgehead atoms. The van der Waals surface area contributed by atoms with Gasteiger partial charge in [0.15, 0.2) is 0 Å². The summed E-state index contributed by atoms with van der Waals surface area (Å²) in [6.45, 7) is 6.23. The number of anilines is 1. The number of thiophene rings is 1. The quantitative estimate of drug-likeness (QED) is 0.652. The fourth-order valence-corrected chi connectivity index (χ4v) is 5.59. The van der Waals surface area contributed by atoms with Gasteiger partial charge in [-0.05, 0) is 44.5 Å². The summed E-state index contributed by atoms with van der Waals surface area (Å²) in [4.78, 5) is 25.7. The first-order valence-electron chi connectivity index (χ1n) is 9.62. The number of aryl methyl sites for hydroxylation is 1. The van der Waals surface area contributed by atoms with Crippen molar-refractivity contribution in [2.45, 2.75) is 25.7 Å². The lowest BCUT2D eigenvalue weighted by Gasteiger charge is -2.26. The third-order valence-electron chi connectivity index (χ3n) is 4.88. The van der Waals surface area contributed by atoms with Crippen molar-refractivity contribution in [2.24, 2.45) is 0 Å². The van der Waals surface area contributed by atoms with E-state index in [1.54, 1.807) is 20.8 Å². The number of morpholine rings is 1. The molecule has 1 aromatic carbocycles. The van der Waals surface area contributed by atoms with E-state index in [4.69, 9.17) is 9.47 Å². The molecule has 2 heterocycles. The van der Waals surface area contributed by atoms with Crippen LogP contribution in [0, 0.1) is 19.7 Å². The third-order valence-corrected chi connectivity index (χ3v) is 7.90. The van der Waals surface area contributed by atoms with Gasteiger partial charge in [0.1, 0.15) is 10.8 Å². The molecular weight excluding hydrogens is 447 g/mol. The van der Waals surface area contributed by atoms with E-state index in [2.05, 4.69) is 5.32 Å². The van der Waals surface area contributed by atoms with Crippen LogP contribution in [-0.2, 0) is 19.5 Å². The molecule has 0 radical (unpaired) electrons. The Morgan fingerprint density at radius 1 is 1.26 bits per heavy atom. The van der Waals surface area contributed by atoms with E-state index in [9.17, 15) is 22.4 Å². The normalized spacial score (nSPS) is 15.0. The molecule has 1 fully saturated rings. The maximum Gasteiger partial charge on any atom is 0.341 e. The lowest BCUT2D eigenvalue weighted by molar-refractivity contribution is 0.0527. The predicted molar refractivity (Wildman–Crippen MR) is 114 cm³/mol. The van der Waals surface area contributed by atoms with Crippen LogP contribution in [0.25, 0.3) is 0 Å². The van der Waals surface area contributed by atoms with Crippen LogP contribution in [0.2, 0.25) is 0 Å². The molecule has 0 aliphatic carbocycles. The molecule has 168 valence electrons. The van der Waals surface area contributed by atoms with Crippen LogP contribution in [0.4, 0.5) is 9.39 Å². The predicted octanol–water partition coefficient (Wildman–Crippen LogP) is 2.95. The number of esters is 1. The van der Waals surface area contributed by atoms with Gasteiger partial charge in [-0.25, -0.2) is 17.6 Å². The van der Waals surface area contributed by atoms with E-state index in [1.165, 1.54) is 4.31 Å². The second-order valence-electron chi connectivity index (χ2n) is 6.82. The first kappa shape index (κ1) is 23.3. The Morgan fingerprint density at radius 3 is 2.58 bits per heavy atom. The van der Waals surface area contributed by atoms with Gasteiger partial charge in [-0.2, -0.15) is 4.31 Å². The highest BCUT2D eigenvalue weighted by molar-refractivity contribution is 7.89. The number of benzene rings is 1. The van der Waals surface area contributed by atoms with Crippen LogP contribution in [0.3, 0.4) is 0 Å². The van der Waals surface area contributed by atoms with Crippen molar-refractivity contribution in [1.29, 1.82) is 0 Å². The number of ether oxygens (including phenoxy) is 2. The number of rotatable bonds is 6. The number of hydrogen-bond donors (Lipinski definition) is 1. The number of hydrogen-bond acceptors (Lipinski definition) is 7. The van der Waals surface area contributed by atoms with Gasteiger partial charge in [0, 0.05) is 18.0 Å². The molecule has 3 rings (SSSR count). The summed E-state index contributed by atoms with van der Waals surface area (Å²) in [6.07, 6.45) is 0. The van der Waals surface area contributed by atoms with Gasteiger partial charge in [-0.3, -0.25) is 4.79 Å². The van der Waals surface area contributed by atoms with Crippen molar-refractivity contribution in [3.05, 3.63) is 45.6 Å². The SMILES string of the molecule is CCOC(=O)c1c(NC(=O)c2cc(S(=O)(=O)N3CCOCC3)ccc2F)sc(C)c1C. The maximum absolute atomic E-state index is 14.4. The summed E-state index contributed by atoms with van der Waals surface area (Å²) in [5.74, 6) is -2.33. The molecule has 1 saturated heterocycles. The van der Waals surface area contributed by atoms with E-state index in [0.29, 0.717) is 5.56 Å². The number of carbonyl (C=O) groups excluding carboxylic acids is 2. The van der Waals surface area contributed by atoms with E-state index >= 15 is 0 Å².